The van der Waals surface area contributed by atoms with E-state index in [4.69, 9.17) is 11.6 Å². The van der Waals surface area contributed by atoms with E-state index in [9.17, 15) is 4.79 Å². The Kier molecular flexibility index (Phi) is 3.14. The summed E-state index contributed by atoms with van der Waals surface area (Å²) in [5.41, 5.74) is 0.932. The van der Waals surface area contributed by atoms with Crippen LogP contribution in [-0.4, -0.2) is 43.2 Å². The maximum atomic E-state index is 12.4. The summed E-state index contributed by atoms with van der Waals surface area (Å²) in [6, 6.07) is 7.94. The maximum Gasteiger partial charge on any atom is 0.324 e. The number of benzene rings is 1. The second-order valence-corrected chi connectivity index (χ2v) is 5.19. The van der Waals surface area contributed by atoms with E-state index in [1.165, 1.54) is 0 Å². The SMILES string of the molecule is O=C1N(c2ccc(Cl)cc2)CCC2CNCCN12. The van der Waals surface area contributed by atoms with Gasteiger partial charge in [-0.15, -0.1) is 0 Å². The number of hydrogen-bond donors (Lipinski definition) is 1. The molecule has 5 heteroatoms. The molecule has 0 bridgehead atoms. The molecule has 0 aromatic heterocycles. The highest BCUT2D eigenvalue weighted by Crippen LogP contribution is 2.25. The number of rotatable bonds is 1. The molecular weight excluding hydrogens is 250 g/mol. The number of carbonyl (C=O) groups excluding carboxylic acids is 1. The molecule has 1 unspecified atom stereocenters. The molecule has 2 aliphatic rings. The third-order valence-electron chi connectivity index (χ3n) is 3.65. The average molecular weight is 266 g/mol. The predicted molar refractivity (Wildman–Crippen MR) is 72.2 cm³/mol. The fourth-order valence-electron chi connectivity index (χ4n) is 2.66. The molecule has 18 heavy (non-hydrogen) atoms. The first-order valence-corrected chi connectivity index (χ1v) is 6.68. The molecule has 2 amide bonds. The highest BCUT2D eigenvalue weighted by atomic mass is 35.5. The Morgan fingerprint density at radius 3 is 2.78 bits per heavy atom. The van der Waals surface area contributed by atoms with E-state index in [1.54, 1.807) is 0 Å². The Hall–Kier alpha value is -1.26. The lowest BCUT2D eigenvalue weighted by atomic mass is 10.1. The van der Waals surface area contributed by atoms with Crippen LogP contribution in [0.25, 0.3) is 0 Å². The highest BCUT2D eigenvalue weighted by Gasteiger charge is 2.35. The van der Waals surface area contributed by atoms with Gasteiger partial charge < -0.3 is 10.2 Å². The lowest BCUT2D eigenvalue weighted by Gasteiger charge is -2.44. The summed E-state index contributed by atoms with van der Waals surface area (Å²) in [7, 11) is 0. The number of piperazine rings is 1. The molecule has 2 saturated heterocycles. The maximum absolute atomic E-state index is 12.4. The summed E-state index contributed by atoms with van der Waals surface area (Å²) < 4.78 is 0. The van der Waals surface area contributed by atoms with Gasteiger partial charge in [-0.25, -0.2) is 4.79 Å². The van der Waals surface area contributed by atoms with Crippen LogP contribution in [0.1, 0.15) is 6.42 Å². The van der Waals surface area contributed by atoms with Crippen LogP contribution in [0.3, 0.4) is 0 Å². The van der Waals surface area contributed by atoms with Gasteiger partial charge in [0.25, 0.3) is 0 Å². The Balaban J connectivity index is 1.81. The van der Waals surface area contributed by atoms with Crippen molar-refractivity contribution in [3.05, 3.63) is 29.3 Å². The molecule has 1 aromatic carbocycles. The van der Waals surface area contributed by atoms with Crippen molar-refractivity contribution in [2.24, 2.45) is 0 Å². The molecule has 2 heterocycles. The predicted octanol–water partition coefficient (Wildman–Crippen LogP) is 1.94. The van der Waals surface area contributed by atoms with Crippen molar-refractivity contribution in [1.82, 2.24) is 10.2 Å². The van der Waals surface area contributed by atoms with Gasteiger partial charge in [-0.1, -0.05) is 11.6 Å². The highest BCUT2D eigenvalue weighted by molar-refractivity contribution is 6.30. The van der Waals surface area contributed by atoms with Crippen molar-refractivity contribution in [3.8, 4) is 0 Å². The van der Waals surface area contributed by atoms with Crippen LogP contribution in [0.4, 0.5) is 10.5 Å². The Morgan fingerprint density at radius 1 is 1.22 bits per heavy atom. The van der Waals surface area contributed by atoms with Gasteiger partial charge in [-0.05, 0) is 30.7 Å². The standard InChI is InChI=1S/C13H16ClN3O/c14-10-1-3-11(4-2-10)16-7-5-12-9-15-6-8-17(12)13(16)18/h1-4,12,15H,5-9H2. The Morgan fingerprint density at radius 2 is 2.00 bits per heavy atom. The minimum absolute atomic E-state index is 0.120. The van der Waals surface area contributed by atoms with E-state index < -0.39 is 0 Å². The molecule has 2 aliphatic heterocycles. The lowest BCUT2D eigenvalue weighted by Crippen LogP contribution is -2.61. The van der Waals surface area contributed by atoms with E-state index >= 15 is 0 Å². The second-order valence-electron chi connectivity index (χ2n) is 4.75. The number of anilines is 1. The van der Waals surface area contributed by atoms with Gasteiger partial charge in [0.15, 0.2) is 0 Å². The molecule has 96 valence electrons. The van der Waals surface area contributed by atoms with Crippen molar-refractivity contribution in [1.29, 1.82) is 0 Å². The zero-order valence-corrected chi connectivity index (χ0v) is 10.9. The topological polar surface area (TPSA) is 35.6 Å². The number of halogens is 1. The van der Waals surface area contributed by atoms with E-state index in [0.717, 1.165) is 38.3 Å². The molecule has 1 N–H and O–H groups in total. The van der Waals surface area contributed by atoms with Crippen LogP contribution >= 0.6 is 11.6 Å². The second kappa shape index (κ2) is 4.78. The van der Waals surface area contributed by atoms with Crippen LogP contribution in [0.5, 0.6) is 0 Å². The first-order valence-electron chi connectivity index (χ1n) is 6.30. The number of urea groups is 1. The van der Waals surface area contributed by atoms with Crippen LogP contribution in [0, 0.1) is 0 Å². The summed E-state index contributed by atoms with van der Waals surface area (Å²) in [6.45, 7) is 3.38. The lowest BCUT2D eigenvalue weighted by molar-refractivity contribution is 0.147. The molecule has 3 rings (SSSR count). The van der Waals surface area contributed by atoms with E-state index in [2.05, 4.69) is 5.32 Å². The molecule has 0 saturated carbocycles. The number of amides is 2. The fourth-order valence-corrected chi connectivity index (χ4v) is 2.79. The zero-order valence-electron chi connectivity index (χ0n) is 10.1. The van der Waals surface area contributed by atoms with Gasteiger partial charge in [0.1, 0.15) is 0 Å². The van der Waals surface area contributed by atoms with Gasteiger partial charge in [-0.2, -0.15) is 0 Å². The fraction of sp³-hybridized carbons (Fsp3) is 0.462. The number of carbonyl (C=O) groups is 1. The van der Waals surface area contributed by atoms with E-state index in [0.29, 0.717) is 11.1 Å². The summed E-state index contributed by atoms with van der Waals surface area (Å²) in [5.74, 6) is 0. The largest absolute Gasteiger partial charge is 0.324 e. The molecule has 4 nitrogen and oxygen atoms in total. The van der Waals surface area contributed by atoms with E-state index in [1.807, 2.05) is 34.1 Å². The Labute approximate surface area is 112 Å². The quantitative estimate of drug-likeness (QED) is 0.842. The van der Waals surface area contributed by atoms with Crippen LogP contribution < -0.4 is 10.2 Å². The molecule has 0 radical (unpaired) electrons. The third-order valence-corrected chi connectivity index (χ3v) is 3.90. The minimum atomic E-state index is 0.120. The normalized spacial score (nSPS) is 24.1. The van der Waals surface area contributed by atoms with Gasteiger partial charge in [0.05, 0.1) is 0 Å². The minimum Gasteiger partial charge on any atom is -0.319 e. The monoisotopic (exact) mass is 265 g/mol. The number of nitrogens with one attached hydrogen (secondary N) is 1. The smallest absolute Gasteiger partial charge is 0.319 e. The van der Waals surface area contributed by atoms with Crippen molar-refractivity contribution in [2.45, 2.75) is 12.5 Å². The number of fused-ring (bicyclic) bond motifs is 1. The molecule has 0 aliphatic carbocycles. The van der Waals surface area contributed by atoms with Crippen LogP contribution in [0.2, 0.25) is 5.02 Å². The van der Waals surface area contributed by atoms with Gasteiger partial charge >= 0.3 is 6.03 Å². The van der Waals surface area contributed by atoms with Gasteiger partial charge in [0, 0.05) is 42.9 Å². The average Bonchev–Trinajstić information content (AvgIpc) is 2.41. The van der Waals surface area contributed by atoms with Crippen molar-refractivity contribution in [2.75, 3.05) is 31.1 Å². The number of hydrogen-bond acceptors (Lipinski definition) is 2. The van der Waals surface area contributed by atoms with Crippen LogP contribution in [-0.2, 0) is 0 Å². The summed E-state index contributed by atoms with van der Waals surface area (Å²) in [4.78, 5) is 16.3. The third kappa shape index (κ3) is 2.06. The van der Waals surface area contributed by atoms with Crippen molar-refractivity contribution in [3.63, 3.8) is 0 Å². The molecule has 1 aromatic rings. The first kappa shape index (κ1) is 11.8. The molecular formula is C13H16ClN3O. The zero-order chi connectivity index (χ0) is 12.5. The first-order chi connectivity index (χ1) is 8.75. The molecule has 1 atom stereocenters. The van der Waals surface area contributed by atoms with Gasteiger partial charge in [-0.3, -0.25) is 4.90 Å². The molecule has 2 fully saturated rings. The van der Waals surface area contributed by atoms with Crippen LogP contribution in [0.15, 0.2) is 24.3 Å². The van der Waals surface area contributed by atoms with Gasteiger partial charge in [0.2, 0.25) is 0 Å². The summed E-state index contributed by atoms with van der Waals surface area (Å²) in [5, 5.41) is 4.03. The van der Waals surface area contributed by atoms with Crippen molar-refractivity contribution >= 4 is 23.3 Å². The summed E-state index contributed by atoms with van der Waals surface area (Å²) >= 11 is 5.88. The summed E-state index contributed by atoms with van der Waals surface area (Å²) in [6.07, 6.45) is 1.02. The van der Waals surface area contributed by atoms with E-state index in [-0.39, 0.29) is 6.03 Å². The van der Waals surface area contributed by atoms with Crippen molar-refractivity contribution < 1.29 is 4.79 Å². The molecule has 0 spiro atoms. The Bertz CT molecular complexity index is 448. The number of nitrogens with zero attached hydrogens (tertiary/aromatic N) is 2.